The zero-order chi connectivity index (χ0) is 11.5. The van der Waals surface area contributed by atoms with Crippen LogP contribution < -0.4 is 10.6 Å². The number of hydrogen-bond acceptors (Lipinski definition) is 3. The summed E-state index contributed by atoms with van der Waals surface area (Å²) < 4.78 is 0. The second-order valence-corrected chi connectivity index (χ2v) is 4.98. The lowest BCUT2D eigenvalue weighted by Gasteiger charge is -2.26. The van der Waals surface area contributed by atoms with Gasteiger partial charge in [0.2, 0.25) is 5.91 Å². The summed E-state index contributed by atoms with van der Waals surface area (Å²) in [4.78, 5) is 13.8. The Balaban J connectivity index is 1.87. The topological polar surface area (TPSA) is 44.4 Å². The number of nitrogens with zero attached hydrogens (tertiary/aromatic N) is 1. The molecule has 4 heteroatoms. The lowest BCUT2D eigenvalue weighted by Crippen LogP contribution is -2.37. The maximum atomic E-state index is 11.3. The van der Waals surface area contributed by atoms with E-state index in [0.717, 1.165) is 24.9 Å². The van der Waals surface area contributed by atoms with E-state index in [1.54, 1.807) is 7.05 Å². The van der Waals surface area contributed by atoms with Gasteiger partial charge >= 0.3 is 0 Å². The first-order valence-electron chi connectivity index (χ1n) is 6.41. The zero-order valence-electron chi connectivity index (χ0n) is 10.3. The highest BCUT2D eigenvalue weighted by Crippen LogP contribution is 2.33. The number of nitrogens with one attached hydrogen (secondary N) is 2. The van der Waals surface area contributed by atoms with E-state index in [4.69, 9.17) is 0 Å². The molecule has 2 fully saturated rings. The Morgan fingerprint density at radius 1 is 1.50 bits per heavy atom. The SMILES string of the molecule is CCC1C2CNCC2CN1CCC(=O)NC. The van der Waals surface area contributed by atoms with Gasteiger partial charge in [-0.3, -0.25) is 9.69 Å². The molecule has 3 atom stereocenters. The number of hydrogen-bond donors (Lipinski definition) is 2. The first kappa shape index (κ1) is 11.9. The summed E-state index contributed by atoms with van der Waals surface area (Å²) in [6.45, 7) is 6.69. The van der Waals surface area contributed by atoms with Crippen LogP contribution >= 0.6 is 0 Å². The van der Waals surface area contributed by atoms with Crippen LogP contribution in [0, 0.1) is 11.8 Å². The molecule has 16 heavy (non-hydrogen) atoms. The van der Waals surface area contributed by atoms with Gasteiger partial charge in [0.25, 0.3) is 0 Å². The fraction of sp³-hybridized carbons (Fsp3) is 0.917. The van der Waals surface area contributed by atoms with Gasteiger partial charge in [0.15, 0.2) is 0 Å². The first-order valence-corrected chi connectivity index (χ1v) is 6.41. The molecule has 0 aliphatic carbocycles. The molecule has 2 N–H and O–H groups in total. The Morgan fingerprint density at radius 3 is 3.00 bits per heavy atom. The van der Waals surface area contributed by atoms with E-state index in [2.05, 4.69) is 22.5 Å². The third-order valence-corrected chi connectivity index (χ3v) is 4.15. The highest BCUT2D eigenvalue weighted by molar-refractivity contribution is 5.75. The van der Waals surface area contributed by atoms with Crippen molar-refractivity contribution in [2.24, 2.45) is 11.8 Å². The van der Waals surface area contributed by atoms with Gasteiger partial charge in [-0.1, -0.05) is 6.92 Å². The van der Waals surface area contributed by atoms with Crippen molar-refractivity contribution >= 4 is 5.91 Å². The molecule has 4 nitrogen and oxygen atoms in total. The Hall–Kier alpha value is -0.610. The minimum Gasteiger partial charge on any atom is -0.359 e. The molecule has 0 aromatic rings. The van der Waals surface area contributed by atoms with Crippen LogP contribution in [-0.4, -0.2) is 50.1 Å². The second kappa shape index (κ2) is 5.15. The highest BCUT2D eigenvalue weighted by Gasteiger charge is 2.42. The predicted molar refractivity (Wildman–Crippen MR) is 64.2 cm³/mol. The molecule has 2 heterocycles. The Kier molecular flexibility index (Phi) is 3.82. The fourth-order valence-electron chi connectivity index (χ4n) is 3.30. The van der Waals surface area contributed by atoms with Gasteiger partial charge in [0.1, 0.15) is 0 Å². The number of carbonyl (C=O) groups is 1. The van der Waals surface area contributed by atoms with Crippen LogP contribution in [0.25, 0.3) is 0 Å². The van der Waals surface area contributed by atoms with Crippen molar-refractivity contribution in [1.82, 2.24) is 15.5 Å². The average molecular weight is 225 g/mol. The molecule has 92 valence electrons. The molecule has 0 aromatic carbocycles. The van der Waals surface area contributed by atoms with Gasteiger partial charge in [0.05, 0.1) is 0 Å². The van der Waals surface area contributed by atoms with Crippen LogP contribution in [0.15, 0.2) is 0 Å². The summed E-state index contributed by atoms with van der Waals surface area (Å²) in [7, 11) is 1.71. The maximum absolute atomic E-state index is 11.3. The van der Waals surface area contributed by atoms with E-state index in [9.17, 15) is 4.79 Å². The summed E-state index contributed by atoms with van der Waals surface area (Å²) in [6, 6.07) is 0.685. The van der Waals surface area contributed by atoms with Crippen LogP contribution in [-0.2, 0) is 4.79 Å². The summed E-state index contributed by atoms with van der Waals surface area (Å²) in [5.41, 5.74) is 0. The molecular formula is C12H23N3O. The fourth-order valence-corrected chi connectivity index (χ4v) is 3.30. The van der Waals surface area contributed by atoms with E-state index in [1.165, 1.54) is 19.5 Å². The minimum absolute atomic E-state index is 0.157. The number of fused-ring (bicyclic) bond motifs is 1. The minimum atomic E-state index is 0.157. The summed E-state index contributed by atoms with van der Waals surface area (Å²) in [5.74, 6) is 1.79. The third-order valence-electron chi connectivity index (χ3n) is 4.15. The second-order valence-electron chi connectivity index (χ2n) is 4.98. The third kappa shape index (κ3) is 2.23. The molecule has 2 saturated heterocycles. The molecule has 0 spiro atoms. The van der Waals surface area contributed by atoms with Gasteiger partial charge in [0, 0.05) is 32.6 Å². The largest absolute Gasteiger partial charge is 0.359 e. The van der Waals surface area contributed by atoms with Crippen molar-refractivity contribution in [3.63, 3.8) is 0 Å². The smallest absolute Gasteiger partial charge is 0.221 e. The lowest BCUT2D eigenvalue weighted by atomic mass is 9.93. The number of amides is 1. The van der Waals surface area contributed by atoms with Gasteiger partial charge < -0.3 is 10.6 Å². The highest BCUT2D eigenvalue weighted by atomic mass is 16.1. The molecule has 2 aliphatic heterocycles. The average Bonchev–Trinajstić information content (AvgIpc) is 2.84. The van der Waals surface area contributed by atoms with Crippen LogP contribution in [0.4, 0.5) is 0 Å². The van der Waals surface area contributed by atoms with Gasteiger partial charge in [-0.15, -0.1) is 0 Å². The van der Waals surface area contributed by atoms with Gasteiger partial charge in [-0.05, 0) is 31.3 Å². The van der Waals surface area contributed by atoms with Crippen molar-refractivity contribution in [3.8, 4) is 0 Å². The van der Waals surface area contributed by atoms with E-state index < -0.39 is 0 Å². The summed E-state index contributed by atoms with van der Waals surface area (Å²) in [6.07, 6.45) is 1.84. The molecule has 2 rings (SSSR count). The normalized spacial score (nSPS) is 34.0. The monoisotopic (exact) mass is 225 g/mol. The van der Waals surface area contributed by atoms with Gasteiger partial charge in [-0.2, -0.15) is 0 Å². The van der Waals surface area contributed by atoms with Gasteiger partial charge in [-0.25, -0.2) is 0 Å². The molecule has 2 aliphatic rings. The standard InChI is InChI=1S/C12H23N3O/c1-3-11-10-7-14-6-9(10)8-15(11)5-4-12(16)13-2/h9-11,14H,3-8H2,1-2H3,(H,13,16). The molecule has 0 aromatic heterocycles. The maximum Gasteiger partial charge on any atom is 0.221 e. The first-order chi connectivity index (χ1) is 7.76. The molecular weight excluding hydrogens is 202 g/mol. The Morgan fingerprint density at radius 2 is 2.31 bits per heavy atom. The number of carbonyl (C=O) groups excluding carboxylic acids is 1. The molecule has 0 bridgehead atoms. The summed E-state index contributed by atoms with van der Waals surface area (Å²) in [5, 5.41) is 6.17. The van der Waals surface area contributed by atoms with Crippen molar-refractivity contribution < 1.29 is 4.79 Å². The molecule has 1 amide bonds. The van der Waals surface area contributed by atoms with Crippen molar-refractivity contribution in [2.45, 2.75) is 25.8 Å². The van der Waals surface area contributed by atoms with Crippen molar-refractivity contribution in [1.29, 1.82) is 0 Å². The van der Waals surface area contributed by atoms with Crippen LogP contribution in [0.3, 0.4) is 0 Å². The van der Waals surface area contributed by atoms with Crippen molar-refractivity contribution in [2.75, 3.05) is 33.2 Å². The molecule has 0 radical (unpaired) electrons. The van der Waals surface area contributed by atoms with Crippen LogP contribution in [0.2, 0.25) is 0 Å². The lowest BCUT2D eigenvalue weighted by molar-refractivity contribution is -0.121. The van der Waals surface area contributed by atoms with Crippen molar-refractivity contribution in [3.05, 3.63) is 0 Å². The number of likely N-dealkylation sites (tertiary alicyclic amines) is 1. The van der Waals surface area contributed by atoms with E-state index >= 15 is 0 Å². The molecule has 3 unspecified atom stereocenters. The summed E-state index contributed by atoms with van der Waals surface area (Å²) >= 11 is 0. The van der Waals surface area contributed by atoms with E-state index in [-0.39, 0.29) is 5.91 Å². The number of rotatable bonds is 4. The van der Waals surface area contributed by atoms with Crippen LogP contribution in [0.1, 0.15) is 19.8 Å². The van der Waals surface area contributed by atoms with E-state index in [0.29, 0.717) is 12.5 Å². The Labute approximate surface area is 97.8 Å². The molecule has 0 saturated carbocycles. The van der Waals surface area contributed by atoms with Crippen LogP contribution in [0.5, 0.6) is 0 Å². The quantitative estimate of drug-likeness (QED) is 0.711. The van der Waals surface area contributed by atoms with E-state index in [1.807, 2.05) is 0 Å². The Bertz CT molecular complexity index is 257. The predicted octanol–water partition coefficient (Wildman–Crippen LogP) is 0.0523. The zero-order valence-corrected chi connectivity index (χ0v) is 10.3.